The van der Waals surface area contributed by atoms with E-state index in [9.17, 15) is 8.78 Å². The number of rotatable bonds is 5. The minimum atomic E-state index is -0.852. The number of H-pyrrole nitrogens is 1. The van der Waals surface area contributed by atoms with Gasteiger partial charge in [-0.05, 0) is 18.2 Å². The minimum Gasteiger partial charge on any atom is -0.493 e. The van der Waals surface area contributed by atoms with Gasteiger partial charge in [0.25, 0.3) is 0 Å². The Morgan fingerprint density at radius 3 is 2.62 bits per heavy atom. The van der Waals surface area contributed by atoms with Crippen LogP contribution in [0.15, 0.2) is 36.7 Å². The van der Waals surface area contributed by atoms with Crippen molar-refractivity contribution in [2.24, 2.45) is 0 Å². The van der Waals surface area contributed by atoms with Crippen LogP contribution in [0.4, 0.5) is 8.78 Å². The highest BCUT2D eigenvalue weighted by atomic mass is 35.5. The lowest BCUT2D eigenvalue weighted by Crippen LogP contribution is -2.01. The summed E-state index contributed by atoms with van der Waals surface area (Å²) in [7, 11) is 2.81. The molecule has 11 heteroatoms. The number of ether oxygens (including phenoxy) is 2. The number of fused-ring (bicyclic) bond motifs is 2. The number of benzene rings is 1. The van der Waals surface area contributed by atoms with Crippen molar-refractivity contribution in [3.8, 4) is 22.8 Å². The van der Waals surface area contributed by atoms with Crippen LogP contribution >= 0.6 is 11.6 Å². The van der Waals surface area contributed by atoms with Gasteiger partial charge in [0.1, 0.15) is 22.5 Å². The molecule has 0 saturated carbocycles. The third kappa shape index (κ3) is 3.38. The van der Waals surface area contributed by atoms with Crippen molar-refractivity contribution in [2.45, 2.75) is 6.42 Å². The minimum absolute atomic E-state index is 0.0372. The van der Waals surface area contributed by atoms with Gasteiger partial charge >= 0.3 is 0 Å². The third-order valence-corrected chi connectivity index (χ3v) is 5.16. The maximum atomic E-state index is 14.9. The molecule has 1 aromatic carbocycles. The molecule has 5 rings (SSSR count). The molecule has 4 aromatic heterocycles. The molecular formula is C21H15ClF2N6O2. The monoisotopic (exact) mass is 456 g/mol. The maximum absolute atomic E-state index is 14.9. The lowest BCUT2D eigenvalue weighted by molar-refractivity contribution is 0.352. The van der Waals surface area contributed by atoms with Crippen LogP contribution in [0.5, 0.6) is 11.5 Å². The fraction of sp³-hybridized carbons (Fsp3) is 0.143. The first-order valence-corrected chi connectivity index (χ1v) is 9.80. The Hall–Kier alpha value is -3.79. The van der Waals surface area contributed by atoms with Crippen molar-refractivity contribution < 1.29 is 18.3 Å². The molecule has 0 radical (unpaired) electrons. The molecule has 8 nitrogen and oxygen atoms in total. The summed E-state index contributed by atoms with van der Waals surface area (Å²) in [5.74, 6) is -0.486. The van der Waals surface area contributed by atoms with Crippen LogP contribution in [-0.4, -0.2) is 43.5 Å². The van der Waals surface area contributed by atoms with Gasteiger partial charge in [-0.2, -0.15) is 4.39 Å². The smallest absolute Gasteiger partial charge is 0.238 e. The van der Waals surface area contributed by atoms with Crippen molar-refractivity contribution in [3.05, 3.63) is 65.1 Å². The number of methoxy groups -OCH3 is 2. The summed E-state index contributed by atoms with van der Waals surface area (Å²) in [6.45, 7) is 0. The Labute approximate surface area is 184 Å². The van der Waals surface area contributed by atoms with Crippen molar-refractivity contribution >= 4 is 28.4 Å². The highest BCUT2D eigenvalue weighted by molar-refractivity contribution is 6.29. The fourth-order valence-electron chi connectivity index (χ4n) is 3.53. The zero-order valence-electron chi connectivity index (χ0n) is 16.9. The van der Waals surface area contributed by atoms with E-state index in [4.69, 9.17) is 21.1 Å². The Bertz CT molecular complexity index is 1480. The van der Waals surface area contributed by atoms with E-state index in [0.717, 1.165) is 11.6 Å². The van der Waals surface area contributed by atoms with Gasteiger partial charge in [-0.15, -0.1) is 0 Å². The van der Waals surface area contributed by atoms with Crippen LogP contribution in [0.2, 0.25) is 5.15 Å². The van der Waals surface area contributed by atoms with Crippen LogP contribution < -0.4 is 9.47 Å². The van der Waals surface area contributed by atoms with E-state index in [2.05, 4.69) is 24.9 Å². The first kappa shape index (κ1) is 20.1. The lowest BCUT2D eigenvalue weighted by atomic mass is 10.1. The van der Waals surface area contributed by atoms with Gasteiger partial charge in [-0.3, -0.25) is 4.40 Å². The first-order chi connectivity index (χ1) is 15.5. The molecule has 0 amide bonds. The van der Waals surface area contributed by atoms with Crippen molar-refractivity contribution in [3.63, 3.8) is 0 Å². The molecule has 0 aliphatic carbocycles. The topological polar surface area (TPSA) is 90.2 Å². The average molecular weight is 457 g/mol. The second kappa shape index (κ2) is 7.72. The molecule has 0 aliphatic heterocycles. The molecule has 0 atom stereocenters. The van der Waals surface area contributed by atoms with Gasteiger partial charge in [-0.25, -0.2) is 24.3 Å². The quantitative estimate of drug-likeness (QED) is 0.398. The van der Waals surface area contributed by atoms with Crippen LogP contribution in [0.25, 0.3) is 28.1 Å². The number of aromatic amines is 1. The van der Waals surface area contributed by atoms with Gasteiger partial charge < -0.3 is 14.5 Å². The van der Waals surface area contributed by atoms with Crippen LogP contribution in [-0.2, 0) is 6.42 Å². The third-order valence-electron chi connectivity index (χ3n) is 4.95. The molecule has 1 N–H and O–H groups in total. The van der Waals surface area contributed by atoms with Gasteiger partial charge in [0.05, 0.1) is 31.6 Å². The summed E-state index contributed by atoms with van der Waals surface area (Å²) in [4.78, 5) is 20.0. The second-order valence-electron chi connectivity index (χ2n) is 6.91. The molecule has 0 spiro atoms. The zero-order valence-corrected chi connectivity index (χ0v) is 17.6. The number of halogens is 3. The van der Waals surface area contributed by atoms with Gasteiger partial charge in [0, 0.05) is 24.2 Å². The molecule has 162 valence electrons. The van der Waals surface area contributed by atoms with Crippen molar-refractivity contribution in [2.75, 3.05) is 14.2 Å². The SMILES string of the molecule is COc1cc(F)c(-c2c(F)ncc3nc(Cc4nc5nc(Cl)ccc5[nH]4)cn23)cc1OC. The van der Waals surface area contributed by atoms with Crippen molar-refractivity contribution in [1.29, 1.82) is 0 Å². The van der Waals surface area contributed by atoms with Crippen molar-refractivity contribution in [1.82, 2.24) is 29.3 Å². The largest absolute Gasteiger partial charge is 0.493 e. The summed E-state index contributed by atoms with van der Waals surface area (Å²) in [5.41, 5.74) is 2.01. The van der Waals surface area contributed by atoms with E-state index in [0.29, 0.717) is 34.4 Å². The second-order valence-corrected chi connectivity index (χ2v) is 7.30. The average Bonchev–Trinajstić information content (AvgIpc) is 3.36. The number of nitrogens with zero attached hydrogens (tertiary/aromatic N) is 5. The molecular weight excluding hydrogens is 442 g/mol. The van der Waals surface area contributed by atoms with Gasteiger partial charge in [-0.1, -0.05) is 11.6 Å². The number of hydrogen-bond donors (Lipinski definition) is 1. The summed E-state index contributed by atoms with van der Waals surface area (Å²) < 4.78 is 41.4. The molecule has 0 unspecified atom stereocenters. The molecule has 0 saturated heterocycles. The molecule has 0 fully saturated rings. The van der Waals surface area contributed by atoms with Crippen LogP contribution in [0, 0.1) is 11.8 Å². The molecule has 0 bridgehead atoms. The molecule has 0 aliphatic rings. The summed E-state index contributed by atoms with van der Waals surface area (Å²) in [6.07, 6.45) is 3.20. The van der Waals surface area contributed by atoms with E-state index in [-0.39, 0.29) is 22.8 Å². The zero-order chi connectivity index (χ0) is 22.4. The molecule has 5 aromatic rings. The maximum Gasteiger partial charge on any atom is 0.238 e. The van der Waals surface area contributed by atoms with Gasteiger partial charge in [0.2, 0.25) is 5.95 Å². The van der Waals surface area contributed by atoms with E-state index in [1.54, 1.807) is 18.3 Å². The predicted molar refractivity (Wildman–Crippen MR) is 113 cm³/mol. The Morgan fingerprint density at radius 2 is 1.84 bits per heavy atom. The lowest BCUT2D eigenvalue weighted by Gasteiger charge is -2.12. The predicted octanol–water partition coefficient (Wildman–Crippen LogP) is 4.21. The highest BCUT2D eigenvalue weighted by Crippen LogP contribution is 2.35. The number of nitrogens with one attached hydrogen (secondary N) is 1. The number of imidazole rings is 2. The Kier molecular flexibility index (Phi) is 4.86. The van der Waals surface area contributed by atoms with E-state index >= 15 is 0 Å². The fourth-order valence-corrected chi connectivity index (χ4v) is 3.67. The number of pyridine rings is 1. The number of hydrogen-bond acceptors (Lipinski definition) is 6. The summed E-state index contributed by atoms with van der Waals surface area (Å²) in [6, 6.07) is 5.94. The Morgan fingerprint density at radius 1 is 1.06 bits per heavy atom. The molecule has 32 heavy (non-hydrogen) atoms. The van der Waals surface area contributed by atoms with Gasteiger partial charge in [0.15, 0.2) is 22.8 Å². The van der Waals surface area contributed by atoms with Crippen LogP contribution in [0.1, 0.15) is 11.5 Å². The summed E-state index contributed by atoms with van der Waals surface area (Å²) >= 11 is 5.91. The van der Waals surface area contributed by atoms with E-state index < -0.39 is 11.8 Å². The highest BCUT2D eigenvalue weighted by Gasteiger charge is 2.20. The molecule has 4 heterocycles. The standard InChI is InChI=1S/C21H15ClF2N6O2/c1-31-14-6-11(12(23)7-15(14)32-2)19-20(24)25-8-18-26-10(9-30(18)19)5-17-27-13-3-4-16(22)28-21(13)29-17/h3-4,6-9H,5H2,1-2H3,(H,27,28,29). The van der Waals surface area contributed by atoms with Crippen LogP contribution in [0.3, 0.4) is 0 Å². The summed E-state index contributed by atoms with van der Waals surface area (Å²) in [5, 5.41) is 0.339. The van der Waals surface area contributed by atoms with E-state index in [1.807, 2.05) is 0 Å². The Balaban J connectivity index is 1.60. The van der Waals surface area contributed by atoms with E-state index in [1.165, 1.54) is 30.9 Å². The normalized spacial score (nSPS) is 11.4. The first-order valence-electron chi connectivity index (χ1n) is 9.42. The number of aromatic nitrogens is 6.